The van der Waals surface area contributed by atoms with Crippen molar-refractivity contribution in [3.05, 3.63) is 29.8 Å². The fourth-order valence-corrected chi connectivity index (χ4v) is 1.53. The van der Waals surface area contributed by atoms with Crippen LogP contribution < -0.4 is 3.53 Å². The topological polar surface area (TPSA) is 69.6 Å². The summed E-state index contributed by atoms with van der Waals surface area (Å²) in [5, 5.41) is 17.8. The maximum atomic E-state index is 10.7. The van der Waals surface area contributed by atoms with Gasteiger partial charge in [0.2, 0.25) is 0 Å². The second-order valence-electron chi connectivity index (χ2n) is 2.87. The Labute approximate surface area is 95.4 Å². The number of aromatic hydroxyl groups is 1. The molecule has 0 heterocycles. The van der Waals surface area contributed by atoms with E-state index >= 15 is 0 Å². The van der Waals surface area contributed by atoms with E-state index in [1.807, 2.05) is 22.9 Å². The van der Waals surface area contributed by atoms with Gasteiger partial charge in [-0.05, 0) is 24.1 Å². The maximum absolute atomic E-state index is 10.7. The van der Waals surface area contributed by atoms with Gasteiger partial charge < -0.3 is 10.2 Å². The van der Waals surface area contributed by atoms with Crippen molar-refractivity contribution in [3.8, 4) is 5.75 Å². The summed E-state index contributed by atoms with van der Waals surface area (Å²) in [4.78, 5) is 10.7. The van der Waals surface area contributed by atoms with Gasteiger partial charge in [0.15, 0.2) is 0 Å². The first-order valence-corrected chi connectivity index (χ1v) is 5.08. The Balaban J connectivity index is 2.67. The van der Waals surface area contributed by atoms with Crippen LogP contribution in [0, 0.1) is 0 Å². The number of phenols is 1. The first-order valence-electron chi connectivity index (χ1n) is 4.00. The third-order valence-corrected chi connectivity index (χ3v) is 2.56. The molecule has 0 radical (unpaired) electrons. The van der Waals surface area contributed by atoms with Gasteiger partial charge in [-0.3, -0.25) is 4.79 Å². The van der Waals surface area contributed by atoms with Gasteiger partial charge in [0.25, 0.3) is 0 Å². The molecule has 1 aromatic carbocycles. The predicted molar refractivity (Wildman–Crippen MR) is 60.4 cm³/mol. The lowest BCUT2D eigenvalue weighted by atomic mass is 10.1. The first-order chi connectivity index (χ1) is 6.63. The quantitative estimate of drug-likeness (QED) is 0.579. The molecule has 0 unspecified atom stereocenters. The van der Waals surface area contributed by atoms with Crippen molar-refractivity contribution < 1.29 is 15.0 Å². The highest BCUT2D eigenvalue weighted by molar-refractivity contribution is 14.1. The van der Waals surface area contributed by atoms with Crippen molar-refractivity contribution >= 4 is 28.8 Å². The van der Waals surface area contributed by atoms with E-state index in [4.69, 9.17) is 10.2 Å². The number of phenolic OH excluding ortho intramolecular Hbond substituents is 1. The number of halogens is 1. The number of carbonyl (C=O) groups is 1. The van der Waals surface area contributed by atoms with Crippen molar-refractivity contribution in [1.29, 1.82) is 0 Å². The summed E-state index contributed by atoms with van der Waals surface area (Å²) in [6.45, 7) is 0. The van der Waals surface area contributed by atoms with E-state index in [-0.39, 0.29) is 5.75 Å². The van der Waals surface area contributed by atoms with E-state index in [1.165, 1.54) is 0 Å². The van der Waals surface area contributed by atoms with Crippen molar-refractivity contribution in [1.82, 2.24) is 3.53 Å². The molecule has 0 amide bonds. The Morgan fingerprint density at radius 3 is 2.43 bits per heavy atom. The van der Waals surface area contributed by atoms with E-state index in [0.29, 0.717) is 6.42 Å². The normalized spacial score (nSPS) is 12.4. The summed E-state index contributed by atoms with van der Waals surface area (Å²) in [7, 11) is 0. The summed E-state index contributed by atoms with van der Waals surface area (Å²) < 4.78 is 2.67. The minimum absolute atomic E-state index is 0.183. The van der Waals surface area contributed by atoms with Crippen LogP contribution in [0.2, 0.25) is 0 Å². The smallest absolute Gasteiger partial charge is 0.321 e. The molecule has 0 aliphatic heterocycles. The molecular weight excluding hydrogens is 301 g/mol. The minimum Gasteiger partial charge on any atom is -0.508 e. The van der Waals surface area contributed by atoms with Crippen LogP contribution in [0.3, 0.4) is 0 Å². The third-order valence-electron chi connectivity index (χ3n) is 1.81. The van der Waals surface area contributed by atoms with Crippen LogP contribution in [0.5, 0.6) is 5.75 Å². The van der Waals surface area contributed by atoms with Crippen LogP contribution in [0.25, 0.3) is 0 Å². The first kappa shape index (κ1) is 11.3. The van der Waals surface area contributed by atoms with Crippen LogP contribution in [0.15, 0.2) is 24.3 Å². The van der Waals surface area contributed by atoms with Crippen LogP contribution in [-0.2, 0) is 11.2 Å². The minimum atomic E-state index is -0.882. The zero-order valence-corrected chi connectivity index (χ0v) is 9.43. The molecule has 4 nitrogen and oxygen atoms in total. The van der Waals surface area contributed by atoms with Crippen molar-refractivity contribution in [2.24, 2.45) is 0 Å². The van der Waals surface area contributed by atoms with E-state index in [0.717, 1.165) is 5.56 Å². The second kappa shape index (κ2) is 5.16. The Bertz CT molecular complexity index is 312. The van der Waals surface area contributed by atoms with Crippen LogP contribution >= 0.6 is 22.9 Å². The molecule has 1 aromatic rings. The molecule has 0 fully saturated rings. The summed E-state index contributed by atoms with van der Waals surface area (Å²) in [6.07, 6.45) is 0.401. The summed E-state index contributed by atoms with van der Waals surface area (Å²) in [6, 6.07) is 5.90. The van der Waals surface area contributed by atoms with E-state index < -0.39 is 12.0 Å². The largest absolute Gasteiger partial charge is 0.508 e. The number of rotatable bonds is 4. The summed E-state index contributed by atoms with van der Waals surface area (Å²) in [5.74, 6) is -0.699. The van der Waals surface area contributed by atoms with E-state index in [2.05, 4.69) is 3.53 Å². The Kier molecular flexibility index (Phi) is 4.15. The fraction of sp³-hybridized carbons (Fsp3) is 0.222. The molecule has 14 heavy (non-hydrogen) atoms. The fourth-order valence-electron chi connectivity index (χ4n) is 1.04. The molecule has 3 N–H and O–H groups in total. The number of aliphatic carboxylic acids is 1. The van der Waals surface area contributed by atoms with Gasteiger partial charge in [-0.2, -0.15) is 0 Å². The monoisotopic (exact) mass is 311 g/mol. The lowest BCUT2D eigenvalue weighted by Crippen LogP contribution is -2.32. The van der Waals surface area contributed by atoms with E-state index in [9.17, 15) is 4.79 Å². The average molecular weight is 311 g/mol. The lowest BCUT2D eigenvalue weighted by molar-refractivity contribution is -0.138. The lowest BCUT2D eigenvalue weighted by Gasteiger charge is -2.09. The molecule has 1 rings (SSSR count). The van der Waals surface area contributed by atoms with Gasteiger partial charge in [0.1, 0.15) is 11.8 Å². The molecule has 0 aliphatic rings. The number of carboxylic acid groups (broad SMARTS) is 1. The number of hydrogen-bond acceptors (Lipinski definition) is 3. The summed E-state index contributed by atoms with van der Waals surface area (Å²) >= 11 is 1.82. The SMILES string of the molecule is O=C(O)[C@H](Cc1ccc(O)cc1)N[131I]. The highest BCUT2D eigenvalue weighted by Crippen LogP contribution is 2.11. The maximum Gasteiger partial charge on any atom is 0.321 e. The van der Waals surface area contributed by atoms with Crippen molar-refractivity contribution in [2.45, 2.75) is 12.5 Å². The standard InChI is InChI=1S/C9H10INO3/c10-11-8(9(13)14)5-6-1-3-7(12)4-2-6/h1-4,8,11-12H,5H2,(H,13,14)/t8-/m0/s1/i10+4. The molecule has 1 atom stereocenters. The molecule has 0 saturated carbocycles. The zero-order valence-electron chi connectivity index (χ0n) is 7.27. The molecule has 76 valence electrons. The Hall–Kier alpha value is -0.820. The molecule has 0 aliphatic carbocycles. The number of hydrogen-bond donors (Lipinski definition) is 3. The average Bonchev–Trinajstić information content (AvgIpc) is 2.16. The van der Waals surface area contributed by atoms with Gasteiger partial charge >= 0.3 is 5.97 Å². The third kappa shape index (κ3) is 3.15. The molecule has 0 aromatic heterocycles. The Morgan fingerprint density at radius 2 is 2.00 bits per heavy atom. The molecule has 0 spiro atoms. The number of carboxylic acids is 1. The highest BCUT2D eigenvalue weighted by atomic mass is 131. The van der Waals surface area contributed by atoms with Crippen LogP contribution in [-0.4, -0.2) is 22.2 Å². The Morgan fingerprint density at radius 1 is 1.43 bits per heavy atom. The van der Waals surface area contributed by atoms with Crippen molar-refractivity contribution in [3.63, 3.8) is 0 Å². The van der Waals surface area contributed by atoms with Crippen LogP contribution in [0.4, 0.5) is 0 Å². The van der Waals surface area contributed by atoms with Gasteiger partial charge in [0.05, 0.1) is 0 Å². The van der Waals surface area contributed by atoms with Crippen LogP contribution in [0.1, 0.15) is 5.56 Å². The number of benzene rings is 1. The van der Waals surface area contributed by atoms with Gasteiger partial charge in [0, 0.05) is 22.9 Å². The summed E-state index contributed by atoms with van der Waals surface area (Å²) in [5.41, 5.74) is 0.874. The molecule has 5 heteroatoms. The van der Waals surface area contributed by atoms with Crippen molar-refractivity contribution in [2.75, 3.05) is 0 Å². The predicted octanol–water partition coefficient (Wildman–Crippen LogP) is 1.33. The van der Waals surface area contributed by atoms with E-state index in [1.54, 1.807) is 24.3 Å². The van der Waals surface area contributed by atoms with Gasteiger partial charge in [-0.25, -0.2) is 3.53 Å². The highest BCUT2D eigenvalue weighted by Gasteiger charge is 2.15. The number of nitrogens with one attached hydrogen (secondary N) is 1. The van der Waals surface area contributed by atoms with Gasteiger partial charge in [-0.1, -0.05) is 12.1 Å². The second-order valence-corrected chi connectivity index (χ2v) is 3.49. The molecule has 0 bridgehead atoms. The molecule has 0 saturated heterocycles. The molecular formula is C9H10INO3. The zero-order chi connectivity index (χ0) is 10.6. The van der Waals surface area contributed by atoms with Gasteiger partial charge in [-0.15, -0.1) is 0 Å².